The number of carbonyl (C=O) groups excluding carboxylic acids is 3. The van der Waals surface area contributed by atoms with E-state index in [1.54, 1.807) is 0 Å². The van der Waals surface area contributed by atoms with Gasteiger partial charge in [-0.25, -0.2) is 4.79 Å². The molecule has 11 nitrogen and oxygen atoms in total. The Balaban J connectivity index is 4.90. The Labute approximate surface area is 176 Å². The average molecular weight is 431 g/mol. The molecule has 0 saturated heterocycles. The Bertz CT molecular complexity index is 622. The molecule has 0 rings (SSSR count). The Morgan fingerprint density at radius 2 is 1.40 bits per heavy atom. The number of rotatable bonds is 14. The van der Waals surface area contributed by atoms with Crippen LogP contribution in [0.2, 0.25) is 0 Å². The summed E-state index contributed by atoms with van der Waals surface area (Å²) in [6.07, 6.45) is 0.0431. The number of hydrogen-bond donors (Lipinski definition) is 6. The third kappa shape index (κ3) is 12.0. The molecule has 7 N–H and O–H groups in total. The molecule has 0 aromatic rings. The van der Waals surface area contributed by atoms with E-state index in [0.717, 1.165) is 0 Å². The van der Waals surface area contributed by atoms with Gasteiger partial charge in [0.25, 0.3) is 0 Å². The van der Waals surface area contributed by atoms with E-state index in [4.69, 9.17) is 15.9 Å². The summed E-state index contributed by atoms with van der Waals surface area (Å²) in [5.74, 6) is -4.22. The highest BCUT2D eigenvalue weighted by Gasteiger charge is 2.26. The van der Waals surface area contributed by atoms with Gasteiger partial charge in [0.15, 0.2) is 0 Å². The van der Waals surface area contributed by atoms with Crippen LogP contribution in [0.3, 0.4) is 0 Å². The van der Waals surface area contributed by atoms with E-state index in [1.807, 2.05) is 27.7 Å². The third-order valence-electron chi connectivity index (χ3n) is 4.11. The molecule has 11 heteroatoms. The summed E-state index contributed by atoms with van der Waals surface area (Å²) in [7, 11) is 0. The van der Waals surface area contributed by atoms with Crippen molar-refractivity contribution in [2.45, 2.75) is 71.5 Å². The van der Waals surface area contributed by atoms with Gasteiger partial charge in [0.05, 0.1) is 12.6 Å². The predicted octanol–water partition coefficient (Wildman–Crippen LogP) is -0.559. The van der Waals surface area contributed by atoms with Crippen LogP contribution in [-0.2, 0) is 24.0 Å². The molecule has 0 aromatic carbocycles. The van der Waals surface area contributed by atoms with Crippen LogP contribution in [0.1, 0.15) is 53.4 Å². The fourth-order valence-corrected chi connectivity index (χ4v) is 2.66. The molecular formula is C19H34N4O7. The van der Waals surface area contributed by atoms with Gasteiger partial charge in [-0.1, -0.05) is 27.7 Å². The summed E-state index contributed by atoms with van der Waals surface area (Å²) in [4.78, 5) is 58.6. The topological polar surface area (TPSA) is 188 Å². The Morgan fingerprint density at radius 1 is 0.833 bits per heavy atom. The lowest BCUT2D eigenvalue weighted by Crippen LogP contribution is -2.53. The van der Waals surface area contributed by atoms with E-state index < -0.39 is 54.3 Å². The quantitative estimate of drug-likeness (QED) is 0.211. The van der Waals surface area contributed by atoms with E-state index in [9.17, 15) is 24.0 Å². The van der Waals surface area contributed by atoms with Crippen molar-refractivity contribution < 1.29 is 34.2 Å². The lowest BCUT2D eigenvalue weighted by atomic mass is 10.0. The first-order chi connectivity index (χ1) is 13.8. The molecule has 3 amide bonds. The number of carboxylic acid groups (broad SMARTS) is 2. The van der Waals surface area contributed by atoms with Crippen LogP contribution < -0.4 is 21.7 Å². The number of carbonyl (C=O) groups is 5. The number of carboxylic acids is 2. The molecule has 0 aliphatic heterocycles. The Kier molecular flexibility index (Phi) is 12.3. The summed E-state index contributed by atoms with van der Waals surface area (Å²) < 4.78 is 0. The van der Waals surface area contributed by atoms with E-state index >= 15 is 0 Å². The van der Waals surface area contributed by atoms with E-state index in [-0.39, 0.29) is 31.1 Å². The predicted molar refractivity (Wildman–Crippen MR) is 108 cm³/mol. The Morgan fingerprint density at radius 3 is 1.87 bits per heavy atom. The molecule has 30 heavy (non-hydrogen) atoms. The smallest absolute Gasteiger partial charge is 0.326 e. The van der Waals surface area contributed by atoms with Gasteiger partial charge in [0, 0.05) is 6.42 Å². The molecule has 0 aromatic heterocycles. The molecule has 0 heterocycles. The zero-order chi connectivity index (χ0) is 23.4. The zero-order valence-corrected chi connectivity index (χ0v) is 17.9. The summed E-state index contributed by atoms with van der Waals surface area (Å²) in [6, 6.07) is -3.14. The fourth-order valence-electron chi connectivity index (χ4n) is 2.66. The molecule has 0 radical (unpaired) electrons. The molecule has 0 spiro atoms. The zero-order valence-electron chi connectivity index (χ0n) is 17.9. The van der Waals surface area contributed by atoms with Crippen LogP contribution in [0.15, 0.2) is 0 Å². The van der Waals surface area contributed by atoms with E-state index in [2.05, 4.69) is 16.0 Å². The standard InChI is InChI=1S/C19H34N4O7/c1-10(2)7-12(20)17(27)23-13(5-6-16(25)26)18(28)21-9-15(24)22-14(19(29)30)8-11(3)4/h10-14H,5-9,20H2,1-4H3,(H,21,28)(H,22,24)(H,23,27)(H,25,26)(H,29,30). The summed E-state index contributed by atoms with van der Waals surface area (Å²) in [5.41, 5.74) is 5.79. The van der Waals surface area contributed by atoms with Crippen LogP contribution in [0, 0.1) is 11.8 Å². The van der Waals surface area contributed by atoms with Crippen LogP contribution in [0.25, 0.3) is 0 Å². The van der Waals surface area contributed by atoms with Crippen molar-refractivity contribution in [2.75, 3.05) is 6.54 Å². The number of nitrogens with one attached hydrogen (secondary N) is 3. The number of aliphatic carboxylic acids is 2. The van der Waals surface area contributed by atoms with Crippen molar-refractivity contribution in [3.8, 4) is 0 Å². The molecule has 0 saturated carbocycles. The van der Waals surface area contributed by atoms with E-state index in [0.29, 0.717) is 6.42 Å². The highest BCUT2D eigenvalue weighted by Crippen LogP contribution is 2.06. The summed E-state index contributed by atoms with van der Waals surface area (Å²) in [5, 5.41) is 25.0. The molecule has 0 aliphatic carbocycles. The van der Waals surface area contributed by atoms with Gasteiger partial charge in [0.2, 0.25) is 17.7 Å². The maximum atomic E-state index is 12.4. The monoisotopic (exact) mass is 430 g/mol. The second-order valence-electron chi connectivity index (χ2n) is 8.04. The lowest BCUT2D eigenvalue weighted by Gasteiger charge is -2.21. The Hall–Kier alpha value is -2.69. The number of amides is 3. The minimum atomic E-state index is -1.19. The van der Waals surface area contributed by atoms with Gasteiger partial charge in [-0.2, -0.15) is 0 Å². The normalized spacial score (nSPS) is 14.0. The molecule has 0 bridgehead atoms. The van der Waals surface area contributed by atoms with Crippen LogP contribution in [0.4, 0.5) is 0 Å². The van der Waals surface area contributed by atoms with Crippen molar-refractivity contribution in [1.82, 2.24) is 16.0 Å². The van der Waals surface area contributed by atoms with Gasteiger partial charge in [-0.05, 0) is 31.1 Å². The van der Waals surface area contributed by atoms with Gasteiger partial charge >= 0.3 is 11.9 Å². The lowest BCUT2D eigenvalue weighted by molar-refractivity contribution is -0.142. The third-order valence-corrected chi connectivity index (χ3v) is 4.11. The van der Waals surface area contributed by atoms with Crippen LogP contribution in [0.5, 0.6) is 0 Å². The number of hydrogen-bond acceptors (Lipinski definition) is 6. The van der Waals surface area contributed by atoms with Crippen LogP contribution >= 0.6 is 0 Å². The maximum absolute atomic E-state index is 12.4. The minimum Gasteiger partial charge on any atom is -0.481 e. The minimum absolute atomic E-state index is 0.0339. The van der Waals surface area contributed by atoms with Crippen molar-refractivity contribution in [3.05, 3.63) is 0 Å². The van der Waals surface area contributed by atoms with Crippen molar-refractivity contribution >= 4 is 29.7 Å². The first-order valence-electron chi connectivity index (χ1n) is 9.91. The van der Waals surface area contributed by atoms with Crippen molar-refractivity contribution in [3.63, 3.8) is 0 Å². The highest BCUT2D eigenvalue weighted by molar-refractivity contribution is 5.92. The van der Waals surface area contributed by atoms with Gasteiger partial charge in [0.1, 0.15) is 12.1 Å². The molecular weight excluding hydrogens is 396 g/mol. The van der Waals surface area contributed by atoms with Crippen molar-refractivity contribution in [2.24, 2.45) is 17.6 Å². The highest BCUT2D eigenvalue weighted by atomic mass is 16.4. The van der Waals surface area contributed by atoms with Gasteiger partial charge < -0.3 is 31.9 Å². The second kappa shape index (κ2) is 13.5. The number of nitrogens with two attached hydrogens (primary N) is 1. The molecule has 0 aliphatic rings. The largest absolute Gasteiger partial charge is 0.481 e. The first-order valence-corrected chi connectivity index (χ1v) is 9.91. The molecule has 3 unspecified atom stereocenters. The summed E-state index contributed by atoms with van der Waals surface area (Å²) in [6.45, 7) is 6.86. The average Bonchev–Trinajstić information content (AvgIpc) is 2.61. The molecule has 0 fully saturated rings. The van der Waals surface area contributed by atoms with Gasteiger partial charge in [-0.15, -0.1) is 0 Å². The van der Waals surface area contributed by atoms with Crippen molar-refractivity contribution in [1.29, 1.82) is 0 Å². The maximum Gasteiger partial charge on any atom is 0.326 e. The SMILES string of the molecule is CC(C)CC(N)C(=O)NC(CCC(=O)O)C(=O)NCC(=O)NC(CC(C)C)C(=O)O. The fraction of sp³-hybridized carbons (Fsp3) is 0.737. The summed E-state index contributed by atoms with van der Waals surface area (Å²) >= 11 is 0. The molecule has 172 valence electrons. The molecule has 3 atom stereocenters. The first kappa shape index (κ1) is 27.3. The second-order valence-corrected chi connectivity index (χ2v) is 8.04. The van der Waals surface area contributed by atoms with Crippen LogP contribution in [-0.4, -0.2) is 64.5 Å². The van der Waals surface area contributed by atoms with E-state index in [1.165, 1.54) is 0 Å². The van der Waals surface area contributed by atoms with Gasteiger partial charge in [-0.3, -0.25) is 19.2 Å².